The molecule has 0 radical (unpaired) electrons. The van der Waals surface area contributed by atoms with Gasteiger partial charge in [-0.3, -0.25) is 9.59 Å². The summed E-state index contributed by atoms with van der Waals surface area (Å²) in [5, 5.41) is 6.34. The minimum Gasteiger partial charge on any atom is -0.354 e. The van der Waals surface area contributed by atoms with Crippen molar-refractivity contribution in [2.24, 2.45) is 5.92 Å². The summed E-state index contributed by atoms with van der Waals surface area (Å²) in [5.74, 6) is 0.731. The van der Waals surface area contributed by atoms with E-state index >= 15 is 0 Å². The summed E-state index contributed by atoms with van der Waals surface area (Å²) in [5.41, 5.74) is 0. The molecule has 0 fully saturated rings. The molecule has 0 aliphatic carbocycles. The smallest absolute Gasteiger partial charge is 0.220 e. The van der Waals surface area contributed by atoms with Gasteiger partial charge >= 0.3 is 0 Å². The van der Waals surface area contributed by atoms with Crippen molar-refractivity contribution < 1.29 is 9.59 Å². The molecule has 0 saturated carbocycles. The molecule has 0 aromatic rings. The van der Waals surface area contributed by atoms with Crippen LogP contribution in [-0.2, 0) is 9.59 Å². The SMILES string of the molecule is CC(C)NC(=O)CCCCCNCCCCCC(=O)C(C)C. The summed E-state index contributed by atoms with van der Waals surface area (Å²) in [4.78, 5) is 22.9. The van der Waals surface area contributed by atoms with Crippen LogP contribution in [0.2, 0.25) is 0 Å². The molecule has 4 nitrogen and oxygen atoms in total. The molecule has 0 unspecified atom stereocenters. The van der Waals surface area contributed by atoms with Crippen LogP contribution in [0, 0.1) is 5.92 Å². The van der Waals surface area contributed by atoms with E-state index in [2.05, 4.69) is 10.6 Å². The zero-order chi connectivity index (χ0) is 16.8. The molecule has 4 heteroatoms. The fourth-order valence-electron chi connectivity index (χ4n) is 2.25. The van der Waals surface area contributed by atoms with E-state index in [1.54, 1.807) is 0 Å². The topological polar surface area (TPSA) is 58.2 Å². The Hall–Kier alpha value is -0.900. The fraction of sp³-hybridized carbons (Fsp3) is 0.889. The number of hydrogen-bond acceptors (Lipinski definition) is 3. The van der Waals surface area contributed by atoms with Crippen molar-refractivity contribution in [3.05, 3.63) is 0 Å². The molecule has 22 heavy (non-hydrogen) atoms. The number of nitrogens with one attached hydrogen (secondary N) is 2. The molecule has 0 aromatic heterocycles. The van der Waals surface area contributed by atoms with Crippen LogP contribution < -0.4 is 10.6 Å². The van der Waals surface area contributed by atoms with Crippen LogP contribution in [0.5, 0.6) is 0 Å². The average molecular weight is 312 g/mol. The van der Waals surface area contributed by atoms with Crippen molar-refractivity contribution in [2.45, 2.75) is 85.1 Å². The van der Waals surface area contributed by atoms with Crippen LogP contribution in [0.25, 0.3) is 0 Å². The minimum absolute atomic E-state index is 0.166. The van der Waals surface area contributed by atoms with Gasteiger partial charge in [-0.2, -0.15) is 0 Å². The Kier molecular flexibility index (Phi) is 13.2. The number of unbranched alkanes of at least 4 members (excludes halogenated alkanes) is 4. The third kappa shape index (κ3) is 14.1. The van der Waals surface area contributed by atoms with Gasteiger partial charge in [-0.15, -0.1) is 0 Å². The number of hydrogen-bond donors (Lipinski definition) is 2. The third-order valence-electron chi connectivity index (χ3n) is 3.63. The lowest BCUT2D eigenvalue weighted by molar-refractivity contribution is -0.122. The Balaban J connectivity index is 3.21. The molecule has 0 aliphatic heterocycles. The van der Waals surface area contributed by atoms with Crippen molar-refractivity contribution in [3.63, 3.8) is 0 Å². The maximum atomic E-state index is 11.4. The molecule has 1 amide bonds. The second-order valence-corrected chi connectivity index (χ2v) is 6.71. The zero-order valence-electron chi connectivity index (χ0n) is 15.0. The van der Waals surface area contributed by atoms with E-state index in [0.717, 1.165) is 58.0 Å². The van der Waals surface area contributed by atoms with Gasteiger partial charge in [0.15, 0.2) is 0 Å². The highest BCUT2D eigenvalue weighted by atomic mass is 16.1. The van der Waals surface area contributed by atoms with Crippen molar-refractivity contribution in [2.75, 3.05) is 13.1 Å². The Bertz CT molecular complexity index is 301. The third-order valence-corrected chi connectivity index (χ3v) is 3.63. The second kappa shape index (κ2) is 13.7. The monoisotopic (exact) mass is 312 g/mol. The lowest BCUT2D eigenvalue weighted by Gasteiger charge is -2.08. The van der Waals surface area contributed by atoms with Crippen molar-refractivity contribution in [1.82, 2.24) is 10.6 Å². The first-order valence-corrected chi connectivity index (χ1v) is 8.96. The first-order chi connectivity index (χ1) is 10.4. The van der Waals surface area contributed by atoms with Crippen molar-refractivity contribution in [3.8, 4) is 0 Å². The Morgan fingerprint density at radius 2 is 1.32 bits per heavy atom. The molecule has 0 aromatic carbocycles. The highest BCUT2D eigenvalue weighted by Crippen LogP contribution is 2.05. The van der Waals surface area contributed by atoms with E-state index in [-0.39, 0.29) is 17.9 Å². The van der Waals surface area contributed by atoms with E-state index in [1.165, 1.54) is 0 Å². The highest BCUT2D eigenvalue weighted by Gasteiger charge is 2.05. The van der Waals surface area contributed by atoms with Gasteiger partial charge in [-0.1, -0.05) is 26.7 Å². The molecule has 0 heterocycles. The summed E-state index contributed by atoms with van der Waals surface area (Å²) in [6.45, 7) is 9.97. The molecule has 0 saturated heterocycles. The minimum atomic E-state index is 0.166. The summed E-state index contributed by atoms with van der Waals surface area (Å²) in [6.07, 6.45) is 7.85. The van der Waals surface area contributed by atoms with Gasteiger partial charge < -0.3 is 10.6 Å². The first-order valence-electron chi connectivity index (χ1n) is 8.96. The lowest BCUT2D eigenvalue weighted by Crippen LogP contribution is -2.29. The first kappa shape index (κ1) is 21.1. The predicted octanol–water partition coefficient (Wildman–Crippen LogP) is 3.45. The van der Waals surface area contributed by atoms with E-state index < -0.39 is 0 Å². The maximum Gasteiger partial charge on any atom is 0.220 e. The molecular formula is C18H36N2O2. The molecule has 0 spiro atoms. The predicted molar refractivity (Wildman–Crippen MR) is 92.9 cm³/mol. The number of rotatable bonds is 14. The van der Waals surface area contributed by atoms with E-state index in [4.69, 9.17) is 0 Å². The quantitative estimate of drug-likeness (QED) is 0.483. The Morgan fingerprint density at radius 1 is 0.773 bits per heavy atom. The molecule has 2 N–H and O–H groups in total. The number of amides is 1. The summed E-state index contributed by atoms with van der Waals surface area (Å²) in [6, 6.07) is 0.241. The van der Waals surface area contributed by atoms with E-state index in [0.29, 0.717) is 12.2 Å². The van der Waals surface area contributed by atoms with Gasteiger partial charge in [-0.05, 0) is 52.6 Å². The largest absolute Gasteiger partial charge is 0.354 e. The van der Waals surface area contributed by atoms with E-state index in [1.807, 2.05) is 27.7 Å². The second-order valence-electron chi connectivity index (χ2n) is 6.71. The number of Topliss-reactive ketones (excluding diaryl/α,β-unsaturated/α-hetero) is 1. The van der Waals surface area contributed by atoms with Gasteiger partial charge in [0.2, 0.25) is 5.91 Å². The average Bonchev–Trinajstić information content (AvgIpc) is 2.43. The van der Waals surface area contributed by atoms with Crippen LogP contribution in [0.15, 0.2) is 0 Å². The van der Waals surface area contributed by atoms with E-state index in [9.17, 15) is 9.59 Å². The molecular weight excluding hydrogens is 276 g/mol. The van der Waals surface area contributed by atoms with Gasteiger partial charge in [0.25, 0.3) is 0 Å². The van der Waals surface area contributed by atoms with Crippen molar-refractivity contribution >= 4 is 11.7 Å². The number of carbonyl (C=O) groups is 2. The van der Waals surface area contributed by atoms with Gasteiger partial charge in [0.1, 0.15) is 5.78 Å². The molecule has 0 rings (SSSR count). The maximum absolute atomic E-state index is 11.4. The molecule has 0 atom stereocenters. The molecule has 0 bridgehead atoms. The summed E-state index contributed by atoms with van der Waals surface area (Å²) < 4.78 is 0. The van der Waals surface area contributed by atoms with Gasteiger partial charge in [0.05, 0.1) is 0 Å². The number of carbonyl (C=O) groups excluding carboxylic acids is 2. The van der Waals surface area contributed by atoms with Crippen LogP contribution in [0.1, 0.15) is 79.1 Å². The van der Waals surface area contributed by atoms with Crippen LogP contribution in [0.3, 0.4) is 0 Å². The summed E-state index contributed by atoms with van der Waals surface area (Å²) in [7, 11) is 0. The van der Waals surface area contributed by atoms with Crippen molar-refractivity contribution in [1.29, 1.82) is 0 Å². The number of ketones is 1. The van der Waals surface area contributed by atoms with Crippen LogP contribution in [-0.4, -0.2) is 30.8 Å². The molecule has 0 aliphatic rings. The van der Waals surface area contributed by atoms with Gasteiger partial charge in [0, 0.05) is 24.8 Å². The lowest BCUT2D eigenvalue weighted by atomic mass is 10.0. The van der Waals surface area contributed by atoms with Crippen LogP contribution >= 0.6 is 0 Å². The molecule has 130 valence electrons. The standard InChI is InChI=1S/C18H36N2O2/c1-15(2)17(21)11-7-5-9-13-19-14-10-6-8-12-18(22)20-16(3)4/h15-16,19H,5-14H2,1-4H3,(H,20,22). The Labute approximate surface area is 136 Å². The highest BCUT2D eigenvalue weighted by molar-refractivity contribution is 5.80. The van der Waals surface area contributed by atoms with Gasteiger partial charge in [-0.25, -0.2) is 0 Å². The zero-order valence-corrected chi connectivity index (χ0v) is 15.0. The Morgan fingerprint density at radius 3 is 1.82 bits per heavy atom. The summed E-state index contributed by atoms with van der Waals surface area (Å²) >= 11 is 0. The van der Waals surface area contributed by atoms with Crippen LogP contribution in [0.4, 0.5) is 0 Å². The fourth-order valence-corrected chi connectivity index (χ4v) is 2.25. The normalized spacial score (nSPS) is 11.2.